The third-order valence-electron chi connectivity index (χ3n) is 3.12. The van der Waals surface area contributed by atoms with Crippen LogP contribution >= 0.6 is 0 Å². The fourth-order valence-electron chi connectivity index (χ4n) is 1.89. The van der Waals surface area contributed by atoms with Crippen molar-refractivity contribution in [2.45, 2.75) is 27.2 Å². The van der Waals surface area contributed by atoms with E-state index in [1.807, 2.05) is 31.2 Å². The number of aryl methyl sites for hydroxylation is 3. The number of carbonyl (C=O) groups is 1. The topological polar surface area (TPSA) is 42.0 Å². The smallest absolute Gasteiger partial charge is 0.229 e. The predicted octanol–water partition coefficient (Wildman–Crippen LogP) is 3.19. The Bertz CT molecular complexity index is 605. The van der Waals surface area contributed by atoms with Gasteiger partial charge < -0.3 is 5.32 Å². The number of hydrogen-bond donors (Lipinski definition) is 1. The van der Waals surface area contributed by atoms with Gasteiger partial charge in [0.15, 0.2) is 0 Å². The molecule has 19 heavy (non-hydrogen) atoms. The van der Waals surface area contributed by atoms with Crippen molar-refractivity contribution < 1.29 is 4.79 Å². The number of anilines is 1. The van der Waals surface area contributed by atoms with E-state index < -0.39 is 0 Å². The van der Waals surface area contributed by atoms with Gasteiger partial charge in [0.25, 0.3) is 0 Å². The quantitative estimate of drug-likeness (QED) is 0.914. The van der Waals surface area contributed by atoms with Crippen molar-refractivity contribution in [2.75, 3.05) is 5.32 Å². The van der Waals surface area contributed by atoms with Gasteiger partial charge in [-0.25, -0.2) is 4.98 Å². The van der Waals surface area contributed by atoms with Crippen molar-refractivity contribution >= 4 is 11.7 Å². The summed E-state index contributed by atoms with van der Waals surface area (Å²) in [6.07, 6.45) is 2.07. The van der Waals surface area contributed by atoms with E-state index in [1.54, 1.807) is 6.20 Å². The minimum Gasteiger partial charge on any atom is -0.310 e. The van der Waals surface area contributed by atoms with E-state index in [0.29, 0.717) is 12.2 Å². The molecule has 0 unspecified atom stereocenters. The minimum absolute atomic E-state index is 0.0404. The molecule has 0 saturated carbocycles. The van der Waals surface area contributed by atoms with Crippen LogP contribution < -0.4 is 5.32 Å². The summed E-state index contributed by atoms with van der Waals surface area (Å²) in [5, 5.41) is 2.82. The van der Waals surface area contributed by atoms with Crippen LogP contribution in [0.3, 0.4) is 0 Å². The van der Waals surface area contributed by atoms with Gasteiger partial charge in [-0.15, -0.1) is 0 Å². The van der Waals surface area contributed by atoms with Crippen LogP contribution in [0.25, 0.3) is 0 Å². The van der Waals surface area contributed by atoms with Gasteiger partial charge in [-0.05, 0) is 55.2 Å². The molecule has 0 radical (unpaired) electrons. The van der Waals surface area contributed by atoms with E-state index in [0.717, 1.165) is 11.1 Å². The Hall–Kier alpha value is -2.16. The first-order chi connectivity index (χ1) is 9.04. The third-order valence-corrected chi connectivity index (χ3v) is 3.12. The second kappa shape index (κ2) is 5.65. The van der Waals surface area contributed by atoms with Crippen LogP contribution in [-0.4, -0.2) is 10.9 Å². The maximum Gasteiger partial charge on any atom is 0.229 e. The number of hydrogen-bond acceptors (Lipinski definition) is 2. The Balaban J connectivity index is 2.03. The van der Waals surface area contributed by atoms with Crippen molar-refractivity contribution in [1.82, 2.24) is 4.98 Å². The minimum atomic E-state index is -0.0404. The maximum absolute atomic E-state index is 11.9. The van der Waals surface area contributed by atoms with Gasteiger partial charge in [0.2, 0.25) is 5.91 Å². The van der Waals surface area contributed by atoms with Crippen molar-refractivity contribution in [2.24, 2.45) is 0 Å². The summed E-state index contributed by atoms with van der Waals surface area (Å²) >= 11 is 0. The second-order valence-corrected chi connectivity index (χ2v) is 4.86. The Morgan fingerprint density at radius 1 is 1.11 bits per heavy atom. The molecule has 1 aromatic carbocycles. The van der Waals surface area contributed by atoms with Gasteiger partial charge >= 0.3 is 0 Å². The predicted molar refractivity (Wildman–Crippen MR) is 77.2 cm³/mol. The molecular weight excluding hydrogens is 236 g/mol. The second-order valence-electron chi connectivity index (χ2n) is 4.86. The molecule has 0 aliphatic rings. The van der Waals surface area contributed by atoms with Gasteiger partial charge in [-0.1, -0.05) is 18.2 Å². The molecule has 0 bridgehead atoms. The van der Waals surface area contributed by atoms with Crippen molar-refractivity contribution in [1.29, 1.82) is 0 Å². The number of pyridine rings is 1. The molecule has 1 heterocycles. The number of rotatable bonds is 3. The lowest BCUT2D eigenvalue weighted by Gasteiger charge is -2.07. The lowest BCUT2D eigenvalue weighted by Crippen LogP contribution is -2.15. The van der Waals surface area contributed by atoms with Gasteiger partial charge in [0.05, 0.1) is 6.42 Å². The standard InChI is InChI=1S/C16H18N2O/c1-11-6-7-17-15(8-11)18-16(19)10-14-5-4-12(2)13(3)9-14/h4-9H,10H2,1-3H3,(H,17,18,19). The number of carbonyl (C=O) groups excluding carboxylic acids is 1. The van der Waals surface area contributed by atoms with E-state index in [1.165, 1.54) is 11.1 Å². The Morgan fingerprint density at radius 3 is 2.58 bits per heavy atom. The average molecular weight is 254 g/mol. The lowest BCUT2D eigenvalue weighted by atomic mass is 10.0. The summed E-state index contributed by atoms with van der Waals surface area (Å²) in [4.78, 5) is 16.1. The van der Waals surface area contributed by atoms with Crippen LogP contribution in [0.5, 0.6) is 0 Å². The summed E-state index contributed by atoms with van der Waals surface area (Å²) in [7, 11) is 0. The number of nitrogens with zero attached hydrogens (tertiary/aromatic N) is 1. The summed E-state index contributed by atoms with van der Waals surface area (Å²) in [5.41, 5.74) is 4.55. The molecule has 0 aliphatic heterocycles. The Kier molecular flexibility index (Phi) is 3.95. The molecule has 98 valence electrons. The molecular formula is C16H18N2O. The SMILES string of the molecule is Cc1ccnc(NC(=O)Cc2ccc(C)c(C)c2)c1. The summed E-state index contributed by atoms with van der Waals surface area (Å²) in [5.74, 6) is 0.565. The zero-order valence-electron chi connectivity index (χ0n) is 11.5. The highest BCUT2D eigenvalue weighted by molar-refractivity contribution is 5.91. The molecule has 1 amide bonds. The molecule has 3 nitrogen and oxygen atoms in total. The van der Waals surface area contributed by atoms with E-state index in [4.69, 9.17) is 0 Å². The molecule has 0 saturated heterocycles. The van der Waals surface area contributed by atoms with Crippen molar-refractivity contribution in [3.05, 3.63) is 58.8 Å². The van der Waals surface area contributed by atoms with Crippen molar-refractivity contribution in [3.8, 4) is 0 Å². The molecule has 3 heteroatoms. The van der Waals surface area contributed by atoms with E-state index in [-0.39, 0.29) is 5.91 Å². The molecule has 0 spiro atoms. The van der Waals surface area contributed by atoms with Crippen molar-refractivity contribution in [3.63, 3.8) is 0 Å². The van der Waals surface area contributed by atoms with Gasteiger partial charge in [0, 0.05) is 6.20 Å². The van der Waals surface area contributed by atoms with Gasteiger partial charge in [-0.2, -0.15) is 0 Å². The first kappa shape index (κ1) is 13.3. The first-order valence-electron chi connectivity index (χ1n) is 6.33. The largest absolute Gasteiger partial charge is 0.310 e. The summed E-state index contributed by atoms with van der Waals surface area (Å²) in [6, 6.07) is 9.85. The molecule has 0 atom stereocenters. The molecule has 0 fully saturated rings. The highest BCUT2D eigenvalue weighted by atomic mass is 16.1. The van der Waals surface area contributed by atoms with Gasteiger partial charge in [0.1, 0.15) is 5.82 Å². The lowest BCUT2D eigenvalue weighted by molar-refractivity contribution is -0.115. The number of nitrogens with one attached hydrogen (secondary N) is 1. The molecule has 2 rings (SSSR count). The summed E-state index contributed by atoms with van der Waals surface area (Å²) < 4.78 is 0. The normalized spacial score (nSPS) is 10.3. The number of benzene rings is 1. The van der Waals surface area contributed by atoms with Crippen LogP contribution in [0.2, 0.25) is 0 Å². The van der Waals surface area contributed by atoms with E-state index in [2.05, 4.69) is 30.2 Å². The van der Waals surface area contributed by atoms with Crippen LogP contribution in [-0.2, 0) is 11.2 Å². The first-order valence-corrected chi connectivity index (χ1v) is 6.33. The van der Waals surface area contributed by atoms with Crippen LogP contribution in [0, 0.1) is 20.8 Å². The highest BCUT2D eigenvalue weighted by Gasteiger charge is 2.06. The van der Waals surface area contributed by atoms with Crippen LogP contribution in [0.4, 0.5) is 5.82 Å². The zero-order chi connectivity index (χ0) is 13.8. The summed E-state index contributed by atoms with van der Waals surface area (Å²) in [6.45, 7) is 6.09. The Labute approximate surface area is 113 Å². The molecule has 0 aliphatic carbocycles. The third kappa shape index (κ3) is 3.65. The average Bonchev–Trinajstić information content (AvgIpc) is 2.34. The van der Waals surface area contributed by atoms with E-state index in [9.17, 15) is 4.79 Å². The van der Waals surface area contributed by atoms with Crippen LogP contribution in [0.15, 0.2) is 36.5 Å². The number of aromatic nitrogens is 1. The fraction of sp³-hybridized carbons (Fsp3) is 0.250. The molecule has 1 aromatic heterocycles. The molecule has 1 N–H and O–H groups in total. The fourth-order valence-corrected chi connectivity index (χ4v) is 1.89. The highest BCUT2D eigenvalue weighted by Crippen LogP contribution is 2.11. The zero-order valence-corrected chi connectivity index (χ0v) is 11.5. The monoisotopic (exact) mass is 254 g/mol. The van der Waals surface area contributed by atoms with Gasteiger partial charge in [-0.3, -0.25) is 4.79 Å². The number of amides is 1. The molecule has 2 aromatic rings. The Morgan fingerprint density at radius 2 is 1.89 bits per heavy atom. The van der Waals surface area contributed by atoms with E-state index >= 15 is 0 Å². The van der Waals surface area contributed by atoms with Crippen LogP contribution in [0.1, 0.15) is 22.3 Å². The maximum atomic E-state index is 11.9.